The molecule has 6 heteroatoms. The summed E-state index contributed by atoms with van der Waals surface area (Å²) in [5.41, 5.74) is 7.34. The third-order valence-corrected chi connectivity index (χ3v) is 4.65. The summed E-state index contributed by atoms with van der Waals surface area (Å²) >= 11 is 0. The molecular formula is C20H24FN3O2. The van der Waals surface area contributed by atoms with Crippen molar-refractivity contribution in [1.29, 1.82) is 0 Å². The van der Waals surface area contributed by atoms with E-state index >= 15 is 0 Å². The van der Waals surface area contributed by atoms with Gasteiger partial charge in [0.2, 0.25) is 0 Å². The summed E-state index contributed by atoms with van der Waals surface area (Å²) in [7, 11) is 0. The predicted octanol–water partition coefficient (Wildman–Crippen LogP) is 3.25. The Labute approximate surface area is 153 Å². The molecule has 0 bridgehead atoms. The second kappa shape index (κ2) is 8.19. The summed E-state index contributed by atoms with van der Waals surface area (Å²) in [6.07, 6.45) is -0.309. The number of rotatable bonds is 4. The number of piperazine rings is 1. The molecule has 138 valence electrons. The van der Waals surface area contributed by atoms with Crippen molar-refractivity contribution in [3.05, 3.63) is 65.5 Å². The molecule has 0 radical (unpaired) electrons. The lowest BCUT2D eigenvalue weighted by Gasteiger charge is -2.39. The maximum absolute atomic E-state index is 14.1. The summed E-state index contributed by atoms with van der Waals surface area (Å²) < 4.78 is 19.5. The number of ether oxygens (including phenoxy) is 1. The maximum atomic E-state index is 14.1. The number of carbonyl (C=O) groups is 1. The summed E-state index contributed by atoms with van der Waals surface area (Å²) in [5.74, 6) is -0.357. The molecule has 3 rings (SSSR count). The van der Waals surface area contributed by atoms with Crippen molar-refractivity contribution in [3.8, 4) is 0 Å². The number of nitrogen functional groups attached to an aromatic ring is 1. The largest absolute Gasteiger partial charge is 0.445 e. The molecule has 0 saturated carbocycles. The minimum absolute atomic E-state index is 0.00357. The van der Waals surface area contributed by atoms with Crippen molar-refractivity contribution >= 4 is 11.8 Å². The van der Waals surface area contributed by atoms with Gasteiger partial charge in [-0.3, -0.25) is 4.90 Å². The van der Waals surface area contributed by atoms with Gasteiger partial charge in [-0.1, -0.05) is 42.5 Å². The lowest BCUT2D eigenvalue weighted by molar-refractivity contribution is 0.0456. The van der Waals surface area contributed by atoms with Crippen LogP contribution in [0, 0.1) is 5.82 Å². The van der Waals surface area contributed by atoms with E-state index in [2.05, 4.69) is 4.90 Å². The fraction of sp³-hybridized carbons (Fsp3) is 0.350. The van der Waals surface area contributed by atoms with Crippen LogP contribution in [0.2, 0.25) is 0 Å². The van der Waals surface area contributed by atoms with Gasteiger partial charge in [0, 0.05) is 37.8 Å². The number of benzene rings is 2. The number of nitrogens with two attached hydrogens (primary N) is 1. The molecule has 2 N–H and O–H groups in total. The van der Waals surface area contributed by atoms with E-state index in [1.807, 2.05) is 37.3 Å². The fourth-order valence-electron chi connectivity index (χ4n) is 3.21. The van der Waals surface area contributed by atoms with Crippen LogP contribution in [-0.4, -0.2) is 41.6 Å². The molecular weight excluding hydrogens is 333 g/mol. The van der Waals surface area contributed by atoms with Gasteiger partial charge in [0.25, 0.3) is 0 Å². The van der Waals surface area contributed by atoms with E-state index in [-0.39, 0.29) is 30.2 Å². The number of amides is 1. The zero-order valence-corrected chi connectivity index (χ0v) is 14.9. The van der Waals surface area contributed by atoms with Gasteiger partial charge in [-0.25, -0.2) is 9.18 Å². The second-order valence-corrected chi connectivity index (χ2v) is 6.64. The number of nitrogens with zero attached hydrogens (tertiary/aromatic N) is 2. The minimum Gasteiger partial charge on any atom is -0.445 e. The van der Waals surface area contributed by atoms with Gasteiger partial charge in [0.15, 0.2) is 5.82 Å². The highest BCUT2D eigenvalue weighted by atomic mass is 19.1. The molecule has 0 spiro atoms. The van der Waals surface area contributed by atoms with Crippen LogP contribution in [0.3, 0.4) is 0 Å². The van der Waals surface area contributed by atoms with Gasteiger partial charge in [0.1, 0.15) is 6.61 Å². The number of anilines is 1. The molecule has 1 aliphatic rings. The molecule has 1 atom stereocenters. The van der Waals surface area contributed by atoms with Crippen molar-refractivity contribution < 1.29 is 13.9 Å². The molecule has 0 aromatic heterocycles. The Balaban J connectivity index is 1.53. The summed E-state index contributed by atoms with van der Waals surface area (Å²) in [6, 6.07) is 14.7. The van der Waals surface area contributed by atoms with Crippen LogP contribution in [0.15, 0.2) is 48.5 Å². The Hall–Kier alpha value is -2.60. The molecule has 2 aromatic carbocycles. The highest BCUT2D eigenvalue weighted by Crippen LogP contribution is 2.19. The van der Waals surface area contributed by atoms with Crippen molar-refractivity contribution in [1.82, 2.24) is 9.80 Å². The monoisotopic (exact) mass is 357 g/mol. The first kappa shape index (κ1) is 18.2. The molecule has 1 amide bonds. The van der Waals surface area contributed by atoms with Crippen LogP contribution in [0.5, 0.6) is 0 Å². The third-order valence-electron chi connectivity index (χ3n) is 4.65. The van der Waals surface area contributed by atoms with E-state index in [0.717, 1.165) is 5.56 Å². The van der Waals surface area contributed by atoms with E-state index in [1.54, 1.807) is 23.1 Å². The molecule has 2 aromatic rings. The van der Waals surface area contributed by atoms with Crippen molar-refractivity contribution in [2.24, 2.45) is 0 Å². The van der Waals surface area contributed by atoms with Gasteiger partial charge < -0.3 is 15.4 Å². The van der Waals surface area contributed by atoms with Gasteiger partial charge in [-0.2, -0.15) is 0 Å². The predicted molar refractivity (Wildman–Crippen MR) is 98.9 cm³/mol. The van der Waals surface area contributed by atoms with Crippen molar-refractivity contribution in [2.75, 3.05) is 25.4 Å². The smallest absolute Gasteiger partial charge is 0.410 e. The quantitative estimate of drug-likeness (QED) is 0.854. The summed E-state index contributed by atoms with van der Waals surface area (Å²) in [6.45, 7) is 4.60. The van der Waals surface area contributed by atoms with Crippen molar-refractivity contribution in [3.63, 3.8) is 0 Å². The standard InChI is InChI=1S/C20H24FN3O2/c1-15-12-23(13-17-8-5-9-18(22)19(17)21)10-11-24(15)20(25)26-14-16-6-3-2-4-7-16/h2-9,15H,10-14,22H2,1H3/t15-/m1/s1. The average Bonchev–Trinajstić information content (AvgIpc) is 2.64. The van der Waals surface area contributed by atoms with Crippen LogP contribution >= 0.6 is 0 Å². The minimum atomic E-state index is -0.357. The first-order valence-electron chi connectivity index (χ1n) is 8.77. The summed E-state index contributed by atoms with van der Waals surface area (Å²) in [4.78, 5) is 16.2. The highest BCUT2D eigenvalue weighted by Gasteiger charge is 2.28. The first-order valence-corrected chi connectivity index (χ1v) is 8.77. The van der Waals surface area contributed by atoms with Crippen LogP contribution < -0.4 is 5.73 Å². The molecule has 1 saturated heterocycles. The molecule has 26 heavy (non-hydrogen) atoms. The second-order valence-electron chi connectivity index (χ2n) is 6.64. The van der Waals surface area contributed by atoms with Gasteiger partial charge in [0.05, 0.1) is 5.69 Å². The molecule has 1 heterocycles. The number of hydrogen-bond donors (Lipinski definition) is 1. The Kier molecular flexibility index (Phi) is 5.73. The van der Waals surface area contributed by atoms with E-state index in [9.17, 15) is 9.18 Å². The maximum Gasteiger partial charge on any atom is 0.410 e. The van der Waals surface area contributed by atoms with E-state index in [1.165, 1.54) is 0 Å². The van der Waals surface area contributed by atoms with Crippen molar-refractivity contribution in [2.45, 2.75) is 26.1 Å². The lowest BCUT2D eigenvalue weighted by Crippen LogP contribution is -2.53. The zero-order chi connectivity index (χ0) is 18.5. The molecule has 0 unspecified atom stereocenters. The van der Waals surface area contributed by atoms with Crippen LogP contribution in [-0.2, 0) is 17.9 Å². The van der Waals surface area contributed by atoms with E-state index < -0.39 is 0 Å². The highest BCUT2D eigenvalue weighted by molar-refractivity contribution is 5.68. The Morgan fingerprint density at radius 1 is 1.19 bits per heavy atom. The fourth-order valence-corrected chi connectivity index (χ4v) is 3.21. The van der Waals surface area contributed by atoms with Gasteiger partial charge in [-0.05, 0) is 18.6 Å². The van der Waals surface area contributed by atoms with E-state index in [4.69, 9.17) is 10.5 Å². The van der Waals surface area contributed by atoms with E-state index in [0.29, 0.717) is 31.7 Å². The summed E-state index contributed by atoms with van der Waals surface area (Å²) in [5, 5.41) is 0. The van der Waals surface area contributed by atoms with Crippen LogP contribution in [0.1, 0.15) is 18.1 Å². The first-order chi connectivity index (χ1) is 12.5. The average molecular weight is 357 g/mol. The van der Waals surface area contributed by atoms with Gasteiger partial charge >= 0.3 is 6.09 Å². The van der Waals surface area contributed by atoms with Gasteiger partial charge in [-0.15, -0.1) is 0 Å². The lowest BCUT2D eigenvalue weighted by atomic mass is 10.1. The Morgan fingerprint density at radius 3 is 2.69 bits per heavy atom. The Bertz CT molecular complexity index is 754. The molecule has 0 aliphatic carbocycles. The van der Waals surface area contributed by atoms with Crippen LogP contribution in [0.25, 0.3) is 0 Å². The number of carbonyl (C=O) groups excluding carboxylic acids is 1. The Morgan fingerprint density at radius 2 is 1.96 bits per heavy atom. The topological polar surface area (TPSA) is 58.8 Å². The van der Waals surface area contributed by atoms with Crippen LogP contribution in [0.4, 0.5) is 14.9 Å². The third kappa shape index (κ3) is 4.32. The molecule has 1 fully saturated rings. The molecule has 1 aliphatic heterocycles. The SMILES string of the molecule is C[C@@H]1CN(Cc2cccc(N)c2F)CCN1C(=O)OCc1ccccc1. The normalized spacial score (nSPS) is 17.9. The molecule has 5 nitrogen and oxygen atoms in total. The number of halogens is 1. The zero-order valence-electron chi connectivity index (χ0n) is 14.9. The number of hydrogen-bond acceptors (Lipinski definition) is 4.